The summed E-state index contributed by atoms with van der Waals surface area (Å²) in [5, 5.41) is 0. The summed E-state index contributed by atoms with van der Waals surface area (Å²) in [6.45, 7) is 0.834. The molecule has 0 bridgehead atoms. The average molecular weight is 311 g/mol. The highest BCUT2D eigenvalue weighted by Gasteiger charge is 2.28. The van der Waals surface area contributed by atoms with Crippen LogP contribution in [0.25, 0.3) is 11.1 Å². The summed E-state index contributed by atoms with van der Waals surface area (Å²) in [7, 11) is -2.00. The third kappa shape index (κ3) is 2.39. The molecule has 1 aromatic heterocycles. The molecule has 7 nitrogen and oxygen atoms in total. The third-order valence-corrected chi connectivity index (χ3v) is 5.79. The monoisotopic (exact) mass is 311 g/mol. The summed E-state index contributed by atoms with van der Waals surface area (Å²) in [4.78, 5) is 11.6. The summed E-state index contributed by atoms with van der Waals surface area (Å²) in [5.41, 5.74) is 6.64. The van der Waals surface area contributed by atoms with E-state index >= 15 is 0 Å². The number of rotatable bonds is 2. The minimum atomic E-state index is -3.57. The number of sulfonamides is 1. The van der Waals surface area contributed by atoms with Gasteiger partial charge in [0.05, 0.1) is 10.4 Å². The maximum absolute atomic E-state index is 12.6. The molecule has 1 aromatic carbocycles. The van der Waals surface area contributed by atoms with Gasteiger partial charge in [-0.05, 0) is 25.0 Å². The minimum Gasteiger partial charge on any atom is -0.408 e. The molecule has 0 atom stereocenters. The Labute approximate surface area is 122 Å². The fourth-order valence-corrected chi connectivity index (χ4v) is 4.03. The zero-order valence-corrected chi connectivity index (χ0v) is 12.5. The molecule has 2 heterocycles. The number of nitrogens with two attached hydrogens (primary N) is 1. The molecule has 3 rings (SSSR count). The zero-order chi connectivity index (χ0) is 15.2. The molecule has 0 saturated carbocycles. The Bertz CT molecular complexity index is 829. The summed E-state index contributed by atoms with van der Waals surface area (Å²) in [6.07, 6.45) is 1.31. The number of benzene rings is 1. The topological polar surface area (TPSA) is 98.5 Å². The largest absolute Gasteiger partial charge is 0.419 e. The predicted octanol–water partition coefficient (Wildman–Crippen LogP) is 0.243. The van der Waals surface area contributed by atoms with Crippen molar-refractivity contribution >= 4 is 21.1 Å². The maximum Gasteiger partial charge on any atom is 0.419 e. The SMILES string of the molecule is Cn1c(=O)oc2cc(S(=O)(=O)N3CCC(N)CC3)ccc21. The van der Waals surface area contributed by atoms with Crippen molar-refractivity contribution in [1.29, 1.82) is 0 Å². The number of aryl methyl sites for hydroxylation is 1. The second-order valence-corrected chi connectivity index (χ2v) is 7.24. The van der Waals surface area contributed by atoms with Crippen LogP contribution in [0.3, 0.4) is 0 Å². The van der Waals surface area contributed by atoms with Crippen LogP contribution in [-0.4, -0.2) is 36.4 Å². The van der Waals surface area contributed by atoms with Gasteiger partial charge in [-0.2, -0.15) is 4.31 Å². The number of nitrogens with zero attached hydrogens (tertiary/aromatic N) is 2. The first-order chi connectivity index (χ1) is 9.89. The summed E-state index contributed by atoms with van der Waals surface area (Å²) < 4.78 is 33.0. The lowest BCUT2D eigenvalue weighted by Crippen LogP contribution is -2.42. The van der Waals surface area contributed by atoms with Crippen LogP contribution in [0.2, 0.25) is 0 Å². The number of aromatic nitrogens is 1. The van der Waals surface area contributed by atoms with Crippen molar-refractivity contribution in [1.82, 2.24) is 8.87 Å². The Morgan fingerprint density at radius 1 is 1.29 bits per heavy atom. The van der Waals surface area contributed by atoms with Crippen LogP contribution in [0.1, 0.15) is 12.8 Å². The van der Waals surface area contributed by atoms with Gasteiger partial charge >= 0.3 is 5.76 Å². The van der Waals surface area contributed by atoms with Crippen molar-refractivity contribution in [2.24, 2.45) is 12.8 Å². The van der Waals surface area contributed by atoms with Gasteiger partial charge in [-0.25, -0.2) is 13.2 Å². The second kappa shape index (κ2) is 4.97. The lowest BCUT2D eigenvalue weighted by molar-refractivity contribution is 0.320. The fraction of sp³-hybridized carbons (Fsp3) is 0.462. The van der Waals surface area contributed by atoms with Gasteiger partial charge in [0.1, 0.15) is 0 Å². The van der Waals surface area contributed by atoms with Crippen molar-refractivity contribution < 1.29 is 12.8 Å². The van der Waals surface area contributed by atoms with Crippen LogP contribution in [0.4, 0.5) is 0 Å². The first-order valence-corrected chi connectivity index (χ1v) is 8.19. The van der Waals surface area contributed by atoms with Crippen LogP contribution in [0.5, 0.6) is 0 Å². The molecular weight excluding hydrogens is 294 g/mol. The zero-order valence-electron chi connectivity index (χ0n) is 11.7. The number of piperidine rings is 1. The number of oxazole rings is 1. The molecule has 0 radical (unpaired) electrons. The van der Waals surface area contributed by atoms with E-state index in [1.54, 1.807) is 13.1 Å². The Kier molecular flexibility index (Phi) is 3.39. The number of fused-ring (bicyclic) bond motifs is 1. The molecule has 0 unspecified atom stereocenters. The third-order valence-electron chi connectivity index (χ3n) is 3.90. The van der Waals surface area contributed by atoms with E-state index in [0.717, 1.165) is 0 Å². The maximum atomic E-state index is 12.6. The van der Waals surface area contributed by atoms with Crippen molar-refractivity contribution in [2.75, 3.05) is 13.1 Å². The second-order valence-electron chi connectivity index (χ2n) is 5.30. The van der Waals surface area contributed by atoms with Gasteiger partial charge < -0.3 is 10.2 Å². The summed E-state index contributed by atoms with van der Waals surface area (Å²) in [5.74, 6) is -0.511. The molecule has 1 fully saturated rings. The van der Waals surface area contributed by atoms with Gasteiger partial charge in [-0.3, -0.25) is 4.57 Å². The van der Waals surface area contributed by atoms with Crippen LogP contribution in [0, 0.1) is 0 Å². The van der Waals surface area contributed by atoms with Gasteiger partial charge in [0.25, 0.3) is 0 Å². The van der Waals surface area contributed by atoms with Crippen LogP contribution >= 0.6 is 0 Å². The molecule has 0 aliphatic carbocycles. The minimum absolute atomic E-state index is 0.0612. The summed E-state index contributed by atoms with van der Waals surface area (Å²) in [6, 6.07) is 4.55. The van der Waals surface area contributed by atoms with Crippen molar-refractivity contribution in [3.63, 3.8) is 0 Å². The molecule has 2 N–H and O–H groups in total. The lowest BCUT2D eigenvalue weighted by Gasteiger charge is -2.29. The van der Waals surface area contributed by atoms with Gasteiger partial charge in [0, 0.05) is 32.2 Å². The first-order valence-electron chi connectivity index (χ1n) is 6.75. The average Bonchev–Trinajstić information content (AvgIpc) is 2.74. The first kappa shape index (κ1) is 14.3. The number of hydrogen-bond acceptors (Lipinski definition) is 5. The standard InChI is InChI=1S/C13H17N3O4S/c1-15-11-3-2-10(8-12(11)20-13(15)17)21(18,19)16-6-4-9(14)5-7-16/h2-3,8-9H,4-7,14H2,1H3. The highest BCUT2D eigenvalue weighted by molar-refractivity contribution is 7.89. The van der Waals surface area contributed by atoms with E-state index in [4.69, 9.17) is 10.2 Å². The van der Waals surface area contributed by atoms with E-state index in [1.807, 2.05) is 0 Å². The fourth-order valence-electron chi connectivity index (χ4n) is 2.54. The quantitative estimate of drug-likeness (QED) is 0.857. The number of hydrogen-bond donors (Lipinski definition) is 1. The molecule has 114 valence electrons. The van der Waals surface area contributed by atoms with Crippen molar-refractivity contribution in [3.05, 3.63) is 28.7 Å². The van der Waals surface area contributed by atoms with E-state index in [2.05, 4.69) is 0 Å². The van der Waals surface area contributed by atoms with E-state index in [0.29, 0.717) is 31.4 Å². The highest BCUT2D eigenvalue weighted by Crippen LogP contribution is 2.23. The van der Waals surface area contributed by atoms with Gasteiger partial charge in [0.2, 0.25) is 10.0 Å². The smallest absolute Gasteiger partial charge is 0.408 e. The van der Waals surface area contributed by atoms with Crippen LogP contribution < -0.4 is 11.5 Å². The molecule has 1 saturated heterocycles. The lowest BCUT2D eigenvalue weighted by atomic mass is 10.1. The van der Waals surface area contributed by atoms with E-state index in [-0.39, 0.29) is 16.5 Å². The van der Waals surface area contributed by atoms with Crippen LogP contribution in [0.15, 0.2) is 32.3 Å². The Morgan fingerprint density at radius 3 is 2.62 bits per heavy atom. The van der Waals surface area contributed by atoms with E-state index in [1.165, 1.54) is 21.0 Å². The normalized spacial score (nSPS) is 18.4. The Balaban J connectivity index is 2.01. The molecule has 0 amide bonds. The van der Waals surface area contributed by atoms with E-state index in [9.17, 15) is 13.2 Å². The van der Waals surface area contributed by atoms with Crippen molar-refractivity contribution in [3.8, 4) is 0 Å². The molecule has 8 heteroatoms. The van der Waals surface area contributed by atoms with Crippen LogP contribution in [-0.2, 0) is 17.1 Å². The molecule has 2 aromatic rings. The Hall–Kier alpha value is -1.64. The summed E-state index contributed by atoms with van der Waals surface area (Å²) >= 11 is 0. The molecule has 1 aliphatic heterocycles. The van der Waals surface area contributed by atoms with Gasteiger partial charge in [0.15, 0.2) is 5.58 Å². The molecule has 0 spiro atoms. The van der Waals surface area contributed by atoms with Crippen molar-refractivity contribution in [2.45, 2.75) is 23.8 Å². The van der Waals surface area contributed by atoms with Gasteiger partial charge in [-0.1, -0.05) is 0 Å². The molecule has 21 heavy (non-hydrogen) atoms. The predicted molar refractivity (Wildman–Crippen MR) is 77.4 cm³/mol. The van der Waals surface area contributed by atoms with E-state index < -0.39 is 15.8 Å². The molecular formula is C13H17N3O4S. The molecule has 1 aliphatic rings. The Morgan fingerprint density at radius 2 is 1.95 bits per heavy atom. The highest BCUT2D eigenvalue weighted by atomic mass is 32.2. The van der Waals surface area contributed by atoms with Gasteiger partial charge in [-0.15, -0.1) is 0 Å².